The van der Waals surface area contributed by atoms with Crippen molar-refractivity contribution in [1.82, 2.24) is 0 Å². The molecule has 0 aliphatic carbocycles. The first kappa shape index (κ1) is 13.2. The largest absolute Gasteiger partial charge is 0.508 e. The number of hydrogen-bond acceptors (Lipinski definition) is 2. The van der Waals surface area contributed by atoms with Gasteiger partial charge in [0.15, 0.2) is 0 Å². The first-order chi connectivity index (χ1) is 9.19. The Hall–Kier alpha value is -2.24. The number of hydrogen-bond donors (Lipinski definition) is 2. The highest BCUT2D eigenvalue weighted by Gasteiger charge is 2.02. The van der Waals surface area contributed by atoms with Crippen LogP contribution >= 0.6 is 0 Å². The maximum Gasteiger partial charge on any atom is 0.115 e. The first-order valence-corrected chi connectivity index (χ1v) is 6.28. The zero-order valence-corrected chi connectivity index (χ0v) is 10.8. The number of phenols is 1. The molecule has 0 saturated carbocycles. The van der Waals surface area contributed by atoms with Crippen molar-refractivity contribution in [3.63, 3.8) is 0 Å². The van der Waals surface area contributed by atoms with E-state index in [4.69, 9.17) is 0 Å². The lowest BCUT2D eigenvalue weighted by molar-refractivity contribution is 0.173. The van der Waals surface area contributed by atoms with Crippen LogP contribution in [-0.2, 0) is 0 Å². The van der Waals surface area contributed by atoms with Crippen LogP contribution in [0.3, 0.4) is 0 Å². The Labute approximate surface area is 113 Å². The summed E-state index contributed by atoms with van der Waals surface area (Å²) < 4.78 is 0. The van der Waals surface area contributed by atoms with Crippen LogP contribution < -0.4 is 0 Å². The summed E-state index contributed by atoms with van der Waals surface area (Å²) in [6, 6.07) is 14.4. The topological polar surface area (TPSA) is 40.5 Å². The Morgan fingerprint density at radius 2 is 1.37 bits per heavy atom. The molecule has 2 aromatic carbocycles. The molecule has 2 heteroatoms. The molecular formula is C17H16O2. The number of benzene rings is 2. The van der Waals surface area contributed by atoms with Gasteiger partial charge in [-0.3, -0.25) is 0 Å². The Balaban J connectivity index is 2.14. The summed E-state index contributed by atoms with van der Waals surface area (Å²) in [5.74, 6) is 6.32. The van der Waals surface area contributed by atoms with Gasteiger partial charge in [-0.15, -0.1) is 0 Å². The van der Waals surface area contributed by atoms with E-state index in [0.29, 0.717) is 6.42 Å². The maximum atomic E-state index is 9.69. The molecular weight excluding hydrogens is 236 g/mol. The second-order valence-corrected chi connectivity index (χ2v) is 4.34. The molecule has 0 aromatic heterocycles. The lowest BCUT2D eigenvalue weighted by Gasteiger charge is -2.07. The van der Waals surface area contributed by atoms with Gasteiger partial charge in [0, 0.05) is 11.1 Å². The van der Waals surface area contributed by atoms with Crippen LogP contribution in [0.1, 0.15) is 36.1 Å². The van der Waals surface area contributed by atoms with Crippen molar-refractivity contribution in [3.05, 3.63) is 65.2 Å². The first-order valence-electron chi connectivity index (χ1n) is 6.28. The molecule has 0 fully saturated rings. The fourth-order valence-electron chi connectivity index (χ4n) is 1.71. The van der Waals surface area contributed by atoms with Gasteiger partial charge in [0.25, 0.3) is 0 Å². The molecule has 19 heavy (non-hydrogen) atoms. The Morgan fingerprint density at radius 3 is 1.84 bits per heavy atom. The van der Waals surface area contributed by atoms with Crippen LogP contribution in [0.5, 0.6) is 5.75 Å². The molecule has 0 bridgehead atoms. The predicted molar refractivity (Wildman–Crippen MR) is 75.8 cm³/mol. The fraction of sp³-hybridized carbons (Fsp3) is 0.176. The third-order valence-electron chi connectivity index (χ3n) is 2.90. The van der Waals surface area contributed by atoms with Crippen molar-refractivity contribution in [1.29, 1.82) is 0 Å². The monoisotopic (exact) mass is 252 g/mol. The third-order valence-corrected chi connectivity index (χ3v) is 2.90. The Bertz CT molecular complexity index is 586. The highest BCUT2D eigenvalue weighted by atomic mass is 16.3. The van der Waals surface area contributed by atoms with Crippen LogP contribution in [0, 0.1) is 11.8 Å². The highest BCUT2D eigenvalue weighted by Crippen LogP contribution is 2.16. The van der Waals surface area contributed by atoms with Crippen LogP contribution in [0.15, 0.2) is 48.5 Å². The molecule has 0 saturated heterocycles. The molecule has 1 atom stereocenters. The summed E-state index contributed by atoms with van der Waals surface area (Å²) in [5.41, 5.74) is 2.67. The molecule has 2 rings (SSSR count). The maximum absolute atomic E-state index is 9.69. The minimum Gasteiger partial charge on any atom is -0.508 e. The van der Waals surface area contributed by atoms with E-state index in [1.54, 1.807) is 24.3 Å². The summed E-state index contributed by atoms with van der Waals surface area (Å²) >= 11 is 0. The average molecular weight is 252 g/mol. The molecule has 0 heterocycles. The van der Waals surface area contributed by atoms with Crippen LogP contribution in [-0.4, -0.2) is 10.2 Å². The lowest BCUT2D eigenvalue weighted by Crippen LogP contribution is -1.94. The number of rotatable bonds is 2. The van der Waals surface area contributed by atoms with Gasteiger partial charge in [0.05, 0.1) is 6.10 Å². The average Bonchev–Trinajstić information content (AvgIpc) is 2.46. The van der Waals surface area contributed by atoms with Crippen LogP contribution in [0.4, 0.5) is 0 Å². The molecule has 1 unspecified atom stereocenters. The van der Waals surface area contributed by atoms with Crippen LogP contribution in [0.2, 0.25) is 0 Å². The molecule has 2 aromatic rings. The highest BCUT2D eigenvalue weighted by molar-refractivity contribution is 5.44. The summed E-state index contributed by atoms with van der Waals surface area (Å²) in [5, 5.41) is 18.9. The van der Waals surface area contributed by atoms with Gasteiger partial charge in [-0.25, -0.2) is 0 Å². The molecule has 0 aliphatic rings. The minimum atomic E-state index is -0.404. The van der Waals surface area contributed by atoms with E-state index in [-0.39, 0.29) is 5.75 Å². The number of aliphatic hydroxyl groups excluding tert-OH is 1. The molecule has 2 N–H and O–H groups in total. The van der Waals surface area contributed by atoms with Gasteiger partial charge < -0.3 is 10.2 Å². The minimum absolute atomic E-state index is 0.239. The molecule has 96 valence electrons. The van der Waals surface area contributed by atoms with E-state index in [0.717, 1.165) is 16.7 Å². The van der Waals surface area contributed by atoms with Gasteiger partial charge in [-0.05, 0) is 48.4 Å². The van der Waals surface area contributed by atoms with Crippen molar-refractivity contribution in [3.8, 4) is 17.6 Å². The van der Waals surface area contributed by atoms with Crippen molar-refractivity contribution in [2.45, 2.75) is 19.4 Å². The molecule has 0 radical (unpaired) electrons. The van der Waals surface area contributed by atoms with Gasteiger partial charge in [-0.1, -0.05) is 30.9 Å². The van der Waals surface area contributed by atoms with Crippen molar-refractivity contribution in [2.24, 2.45) is 0 Å². The summed E-state index contributed by atoms with van der Waals surface area (Å²) in [6.07, 6.45) is 0.303. The standard InChI is InChI=1S/C17H16O2/c1-2-17(19)15-9-5-13(6-10-15)3-4-14-7-11-16(18)12-8-14/h5-12,17-19H,2H2,1H3. The molecule has 2 nitrogen and oxygen atoms in total. The normalized spacial score (nSPS) is 11.5. The number of aliphatic hydroxyl groups is 1. The fourth-order valence-corrected chi connectivity index (χ4v) is 1.71. The molecule has 0 amide bonds. The Kier molecular flexibility index (Phi) is 4.22. The van der Waals surface area contributed by atoms with Gasteiger partial charge >= 0.3 is 0 Å². The molecule has 0 spiro atoms. The lowest BCUT2D eigenvalue weighted by atomic mass is 10.1. The molecule has 0 aliphatic heterocycles. The van der Waals surface area contributed by atoms with Gasteiger partial charge in [0.2, 0.25) is 0 Å². The van der Waals surface area contributed by atoms with E-state index >= 15 is 0 Å². The van der Waals surface area contributed by atoms with Crippen molar-refractivity contribution >= 4 is 0 Å². The van der Waals surface area contributed by atoms with E-state index in [1.165, 1.54) is 0 Å². The quantitative estimate of drug-likeness (QED) is 0.806. The second kappa shape index (κ2) is 6.08. The number of phenolic OH excluding ortho intramolecular Hbond substituents is 1. The third kappa shape index (κ3) is 3.61. The summed E-state index contributed by atoms with van der Waals surface area (Å²) in [6.45, 7) is 1.95. The van der Waals surface area contributed by atoms with Crippen LogP contribution in [0.25, 0.3) is 0 Å². The van der Waals surface area contributed by atoms with Crippen molar-refractivity contribution < 1.29 is 10.2 Å². The zero-order chi connectivity index (χ0) is 13.7. The number of aromatic hydroxyl groups is 1. The summed E-state index contributed by atoms with van der Waals surface area (Å²) in [4.78, 5) is 0. The van der Waals surface area contributed by atoms with E-state index in [2.05, 4.69) is 11.8 Å². The van der Waals surface area contributed by atoms with Gasteiger partial charge in [0.1, 0.15) is 5.75 Å². The SMILES string of the molecule is CCC(O)c1ccc(C#Cc2ccc(O)cc2)cc1. The van der Waals surface area contributed by atoms with Crippen molar-refractivity contribution in [2.75, 3.05) is 0 Å². The van der Waals surface area contributed by atoms with E-state index in [1.807, 2.05) is 31.2 Å². The Morgan fingerprint density at radius 1 is 0.895 bits per heavy atom. The second-order valence-electron chi connectivity index (χ2n) is 4.34. The predicted octanol–water partition coefficient (Wildman–Crippen LogP) is 3.24. The van der Waals surface area contributed by atoms with E-state index < -0.39 is 6.10 Å². The smallest absolute Gasteiger partial charge is 0.115 e. The van der Waals surface area contributed by atoms with E-state index in [9.17, 15) is 10.2 Å². The zero-order valence-electron chi connectivity index (χ0n) is 10.8. The van der Waals surface area contributed by atoms with Gasteiger partial charge in [-0.2, -0.15) is 0 Å². The summed E-state index contributed by atoms with van der Waals surface area (Å²) in [7, 11) is 0.